The number of nitrogens with one attached hydrogen (secondary N) is 1. The molecule has 0 heterocycles. The molecule has 1 N–H and O–H groups in total. The Balaban J connectivity index is 2.76. The Bertz CT molecular complexity index is 244. The van der Waals surface area contributed by atoms with Crippen LogP contribution in [0.15, 0.2) is 0 Å². The highest BCUT2D eigenvalue weighted by Crippen LogP contribution is 2.29. The van der Waals surface area contributed by atoms with Gasteiger partial charge in [0.2, 0.25) is 0 Å². The molecule has 19 heavy (non-hydrogen) atoms. The molecule has 0 amide bonds. The third-order valence-corrected chi connectivity index (χ3v) is 5.08. The van der Waals surface area contributed by atoms with Gasteiger partial charge in [-0.05, 0) is 38.8 Å². The zero-order valence-corrected chi connectivity index (χ0v) is 14.1. The summed E-state index contributed by atoms with van der Waals surface area (Å²) in [4.78, 5) is 2.65. The fourth-order valence-electron chi connectivity index (χ4n) is 3.35. The average molecular weight is 268 g/mol. The lowest BCUT2D eigenvalue weighted by Crippen LogP contribution is -2.54. The largest absolute Gasteiger partial charge is 0.313 e. The van der Waals surface area contributed by atoms with Gasteiger partial charge in [-0.25, -0.2) is 0 Å². The summed E-state index contributed by atoms with van der Waals surface area (Å²) < 4.78 is 0. The molecule has 3 unspecified atom stereocenters. The standard InChI is InChI=1S/C17H36N2/c1-7-18-15-12-10-8-9-11-13-16(15)19(6)14(2)17(3,4)5/h14-16,18H,7-13H2,1-6H3. The third-order valence-electron chi connectivity index (χ3n) is 5.08. The molecule has 0 radical (unpaired) electrons. The summed E-state index contributed by atoms with van der Waals surface area (Å²) in [5, 5.41) is 3.75. The molecule has 1 saturated carbocycles. The molecule has 0 saturated heterocycles. The summed E-state index contributed by atoms with van der Waals surface area (Å²) >= 11 is 0. The second-order valence-corrected chi connectivity index (χ2v) is 7.43. The number of nitrogens with zero attached hydrogens (tertiary/aromatic N) is 1. The molecule has 1 aliphatic carbocycles. The highest BCUT2D eigenvalue weighted by Gasteiger charge is 2.32. The van der Waals surface area contributed by atoms with E-state index in [1.807, 2.05) is 0 Å². The van der Waals surface area contributed by atoms with Crippen molar-refractivity contribution in [3.8, 4) is 0 Å². The highest BCUT2D eigenvalue weighted by atomic mass is 15.2. The molecule has 1 aliphatic rings. The van der Waals surface area contributed by atoms with Crippen molar-refractivity contribution in [3.63, 3.8) is 0 Å². The van der Waals surface area contributed by atoms with Crippen LogP contribution in [0, 0.1) is 5.41 Å². The van der Waals surface area contributed by atoms with Gasteiger partial charge in [-0.15, -0.1) is 0 Å². The van der Waals surface area contributed by atoms with Crippen LogP contribution < -0.4 is 5.32 Å². The maximum absolute atomic E-state index is 3.75. The maximum atomic E-state index is 3.75. The second-order valence-electron chi connectivity index (χ2n) is 7.43. The van der Waals surface area contributed by atoms with Crippen molar-refractivity contribution in [2.75, 3.05) is 13.6 Å². The Morgan fingerprint density at radius 2 is 1.68 bits per heavy atom. The molecule has 2 heteroatoms. The van der Waals surface area contributed by atoms with E-state index in [2.05, 4.69) is 51.9 Å². The lowest BCUT2D eigenvalue weighted by Gasteiger charge is -2.44. The van der Waals surface area contributed by atoms with Gasteiger partial charge in [0.1, 0.15) is 0 Å². The van der Waals surface area contributed by atoms with Crippen molar-refractivity contribution < 1.29 is 0 Å². The van der Waals surface area contributed by atoms with Crippen molar-refractivity contribution in [2.45, 2.75) is 91.3 Å². The topological polar surface area (TPSA) is 15.3 Å². The van der Waals surface area contributed by atoms with Crippen LogP contribution in [0.3, 0.4) is 0 Å². The summed E-state index contributed by atoms with van der Waals surface area (Å²) in [6, 6.07) is 2.01. The predicted molar refractivity (Wildman–Crippen MR) is 85.6 cm³/mol. The molecular weight excluding hydrogens is 232 g/mol. The van der Waals surface area contributed by atoms with Gasteiger partial charge in [0.15, 0.2) is 0 Å². The predicted octanol–water partition coefficient (Wildman–Crippen LogP) is 4.05. The zero-order chi connectivity index (χ0) is 14.5. The summed E-state index contributed by atoms with van der Waals surface area (Å²) in [5.74, 6) is 0. The van der Waals surface area contributed by atoms with Gasteiger partial charge < -0.3 is 5.32 Å². The van der Waals surface area contributed by atoms with E-state index in [-0.39, 0.29) is 0 Å². The third kappa shape index (κ3) is 5.07. The van der Waals surface area contributed by atoms with Crippen LogP contribution in [0.25, 0.3) is 0 Å². The monoisotopic (exact) mass is 268 g/mol. The van der Waals surface area contributed by atoms with Gasteiger partial charge in [-0.2, -0.15) is 0 Å². The van der Waals surface area contributed by atoms with Crippen LogP contribution in [0.2, 0.25) is 0 Å². The summed E-state index contributed by atoms with van der Waals surface area (Å²) in [6.07, 6.45) is 8.34. The Hall–Kier alpha value is -0.0800. The molecule has 0 bridgehead atoms. The van der Waals surface area contributed by atoms with E-state index in [1.54, 1.807) is 0 Å². The number of hydrogen-bond acceptors (Lipinski definition) is 2. The first kappa shape index (κ1) is 17.0. The van der Waals surface area contributed by atoms with Crippen LogP contribution in [0.4, 0.5) is 0 Å². The van der Waals surface area contributed by atoms with Gasteiger partial charge in [0, 0.05) is 18.1 Å². The Morgan fingerprint density at radius 3 is 2.21 bits per heavy atom. The van der Waals surface area contributed by atoms with E-state index in [9.17, 15) is 0 Å². The van der Waals surface area contributed by atoms with E-state index < -0.39 is 0 Å². The molecule has 1 fully saturated rings. The lowest BCUT2D eigenvalue weighted by atomic mass is 9.84. The van der Waals surface area contributed by atoms with Crippen LogP contribution in [-0.4, -0.2) is 36.6 Å². The number of hydrogen-bond donors (Lipinski definition) is 1. The Morgan fingerprint density at radius 1 is 1.11 bits per heavy atom. The molecule has 2 nitrogen and oxygen atoms in total. The lowest BCUT2D eigenvalue weighted by molar-refractivity contribution is 0.0660. The van der Waals surface area contributed by atoms with E-state index in [4.69, 9.17) is 0 Å². The first-order chi connectivity index (χ1) is 8.88. The molecule has 1 rings (SSSR count). The SMILES string of the molecule is CCNC1CCCCCCC1N(C)C(C)C(C)(C)C. The summed E-state index contributed by atoms with van der Waals surface area (Å²) in [6.45, 7) is 12.8. The minimum Gasteiger partial charge on any atom is -0.313 e. The van der Waals surface area contributed by atoms with Crippen LogP contribution in [0.1, 0.15) is 73.1 Å². The highest BCUT2D eigenvalue weighted by molar-refractivity contribution is 4.89. The Labute approximate surface area is 121 Å². The number of likely N-dealkylation sites (N-methyl/N-ethyl adjacent to an activating group) is 2. The molecule has 114 valence electrons. The van der Waals surface area contributed by atoms with Crippen molar-refractivity contribution in [3.05, 3.63) is 0 Å². The molecule has 0 aliphatic heterocycles. The van der Waals surface area contributed by atoms with E-state index in [1.165, 1.54) is 38.5 Å². The normalized spacial score (nSPS) is 27.9. The number of rotatable bonds is 4. The minimum atomic E-state index is 0.355. The molecule has 0 spiro atoms. The van der Waals surface area contributed by atoms with E-state index in [0.29, 0.717) is 23.5 Å². The summed E-state index contributed by atoms with van der Waals surface area (Å²) in [5.41, 5.74) is 0.355. The first-order valence-corrected chi connectivity index (χ1v) is 8.33. The van der Waals surface area contributed by atoms with Crippen molar-refractivity contribution >= 4 is 0 Å². The first-order valence-electron chi connectivity index (χ1n) is 8.33. The average Bonchev–Trinajstić information content (AvgIpc) is 2.30. The molecule has 0 aromatic carbocycles. The molecule has 0 aromatic rings. The van der Waals surface area contributed by atoms with Gasteiger partial charge in [0.05, 0.1) is 0 Å². The maximum Gasteiger partial charge on any atom is 0.0249 e. The van der Waals surface area contributed by atoms with Gasteiger partial charge in [-0.3, -0.25) is 4.90 Å². The van der Waals surface area contributed by atoms with Crippen molar-refractivity contribution in [1.29, 1.82) is 0 Å². The quantitative estimate of drug-likeness (QED) is 0.827. The van der Waals surface area contributed by atoms with Crippen LogP contribution in [-0.2, 0) is 0 Å². The molecular formula is C17H36N2. The fraction of sp³-hybridized carbons (Fsp3) is 1.00. The van der Waals surface area contributed by atoms with Gasteiger partial charge >= 0.3 is 0 Å². The fourth-order valence-corrected chi connectivity index (χ4v) is 3.35. The summed E-state index contributed by atoms with van der Waals surface area (Å²) in [7, 11) is 2.34. The molecule has 0 aromatic heterocycles. The van der Waals surface area contributed by atoms with E-state index in [0.717, 1.165) is 6.54 Å². The van der Waals surface area contributed by atoms with Crippen LogP contribution in [0.5, 0.6) is 0 Å². The van der Waals surface area contributed by atoms with Gasteiger partial charge in [0.25, 0.3) is 0 Å². The van der Waals surface area contributed by atoms with Gasteiger partial charge in [-0.1, -0.05) is 53.4 Å². The smallest absolute Gasteiger partial charge is 0.0249 e. The molecule has 3 atom stereocenters. The Kier molecular flexibility index (Phi) is 6.82. The van der Waals surface area contributed by atoms with Crippen molar-refractivity contribution in [2.24, 2.45) is 5.41 Å². The zero-order valence-electron chi connectivity index (χ0n) is 14.1. The minimum absolute atomic E-state index is 0.355. The van der Waals surface area contributed by atoms with Crippen molar-refractivity contribution in [1.82, 2.24) is 10.2 Å². The second kappa shape index (κ2) is 7.64. The van der Waals surface area contributed by atoms with Crippen LogP contribution >= 0.6 is 0 Å². The van der Waals surface area contributed by atoms with E-state index >= 15 is 0 Å².